The summed E-state index contributed by atoms with van der Waals surface area (Å²) in [5, 5.41) is 0. The molecule has 1 aromatic heterocycles. The molecular formula is C13H10OSe. The molecular weight excluding hydrogens is 251 g/mol. The zero-order valence-electron chi connectivity index (χ0n) is 8.09. The van der Waals surface area contributed by atoms with Crippen molar-refractivity contribution in [2.24, 2.45) is 0 Å². The SMILES string of the molecule is O=C(C=Cc1ccc[se]1)c1ccccc1. The number of carbonyl (C=O) groups excluding carboxylic acids is 1. The fourth-order valence-corrected chi connectivity index (χ4v) is 2.54. The summed E-state index contributed by atoms with van der Waals surface area (Å²) < 4.78 is 1.24. The molecule has 0 amide bonds. The molecule has 74 valence electrons. The van der Waals surface area contributed by atoms with Crippen LogP contribution < -0.4 is 0 Å². The van der Waals surface area contributed by atoms with Crippen molar-refractivity contribution in [2.45, 2.75) is 0 Å². The predicted octanol–water partition coefficient (Wildman–Crippen LogP) is 2.64. The van der Waals surface area contributed by atoms with E-state index in [9.17, 15) is 4.79 Å². The minimum absolute atomic E-state index is 0.0687. The molecule has 0 radical (unpaired) electrons. The molecule has 0 unspecified atom stereocenters. The van der Waals surface area contributed by atoms with Gasteiger partial charge in [-0.2, -0.15) is 0 Å². The Labute approximate surface area is 94.8 Å². The Morgan fingerprint density at radius 3 is 2.53 bits per heavy atom. The van der Waals surface area contributed by atoms with Crippen LogP contribution >= 0.6 is 0 Å². The molecule has 0 saturated heterocycles. The maximum absolute atomic E-state index is 11.7. The zero-order chi connectivity index (χ0) is 10.5. The van der Waals surface area contributed by atoms with Gasteiger partial charge in [-0.15, -0.1) is 0 Å². The van der Waals surface area contributed by atoms with Gasteiger partial charge in [-0.1, -0.05) is 0 Å². The van der Waals surface area contributed by atoms with E-state index in [-0.39, 0.29) is 5.78 Å². The molecule has 0 aliphatic carbocycles. The molecule has 2 aromatic rings. The summed E-state index contributed by atoms with van der Waals surface area (Å²) in [6.45, 7) is 0. The van der Waals surface area contributed by atoms with Gasteiger partial charge in [0.05, 0.1) is 0 Å². The standard InChI is InChI=1S/C13H10OSe/c14-13(11-5-2-1-3-6-11)9-8-12-7-4-10-15-12/h1-10H. The fraction of sp³-hybridized carbons (Fsp3) is 0. The first-order valence-corrected chi connectivity index (χ1v) is 6.52. The van der Waals surface area contributed by atoms with Crippen LogP contribution in [-0.4, -0.2) is 20.3 Å². The molecule has 0 spiro atoms. The summed E-state index contributed by atoms with van der Waals surface area (Å²) in [6.07, 6.45) is 3.56. The molecule has 0 fully saturated rings. The predicted molar refractivity (Wildman–Crippen MR) is 63.2 cm³/mol. The van der Waals surface area contributed by atoms with Crippen LogP contribution in [-0.2, 0) is 0 Å². The van der Waals surface area contributed by atoms with E-state index in [0.717, 1.165) is 5.56 Å². The molecule has 0 aliphatic heterocycles. The van der Waals surface area contributed by atoms with Crippen LogP contribution in [0.1, 0.15) is 14.8 Å². The maximum atomic E-state index is 11.7. The second-order valence-electron chi connectivity index (χ2n) is 3.08. The fourth-order valence-electron chi connectivity index (χ4n) is 1.24. The Bertz CT molecular complexity index is 455. The Balaban J connectivity index is 2.11. The van der Waals surface area contributed by atoms with Gasteiger partial charge in [0.1, 0.15) is 0 Å². The third-order valence-electron chi connectivity index (χ3n) is 2.00. The molecule has 1 heterocycles. The van der Waals surface area contributed by atoms with E-state index < -0.39 is 0 Å². The van der Waals surface area contributed by atoms with Crippen molar-refractivity contribution in [1.82, 2.24) is 0 Å². The number of hydrogen-bond donors (Lipinski definition) is 0. The second kappa shape index (κ2) is 4.92. The average molecular weight is 261 g/mol. The number of ketones is 1. The Hall–Kier alpha value is -1.37. The minimum atomic E-state index is 0.0687. The van der Waals surface area contributed by atoms with Crippen LogP contribution in [0.5, 0.6) is 0 Å². The molecule has 2 rings (SSSR count). The quantitative estimate of drug-likeness (QED) is 0.471. The first-order chi connectivity index (χ1) is 7.36. The Kier molecular flexibility index (Phi) is 3.33. The Morgan fingerprint density at radius 1 is 1.07 bits per heavy atom. The van der Waals surface area contributed by atoms with E-state index in [1.54, 1.807) is 6.08 Å². The van der Waals surface area contributed by atoms with Gasteiger partial charge in [-0.05, 0) is 0 Å². The average Bonchev–Trinajstić information content (AvgIpc) is 2.80. The zero-order valence-corrected chi connectivity index (χ0v) is 9.80. The number of carbonyl (C=O) groups is 1. The molecule has 0 aliphatic rings. The van der Waals surface area contributed by atoms with Crippen LogP contribution in [0.4, 0.5) is 0 Å². The molecule has 0 N–H and O–H groups in total. The van der Waals surface area contributed by atoms with Crippen molar-refractivity contribution in [1.29, 1.82) is 0 Å². The number of benzene rings is 1. The third-order valence-corrected chi connectivity index (χ3v) is 3.76. The number of hydrogen-bond acceptors (Lipinski definition) is 1. The summed E-state index contributed by atoms with van der Waals surface area (Å²) in [5.74, 6) is 0.0687. The van der Waals surface area contributed by atoms with E-state index in [0.29, 0.717) is 14.5 Å². The summed E-state index contributed by atoms with van der Waals surface area (Å²) in [7, 11) is 0. The van der Waals surface area contributed by atoms with E-state index in [1.807, 2.05) is 42.5 Å². The van der Waals surface area contributed by atoms with Crippen molar-refractivity contribution in [2.75, 3.05) is 0 Å². The monoisotopic (exact) mass is 262 g/mol. The number of allylic oxidation sites excluding steroid dienone is 1. The Morgan fingerprint density at radius 2 is 1.87 bits per heavy atom. The van der Waals surface area contributed by atoms with Gasteiger partial charge in [-0.3, -0.25) is 0 Å². The van der Waals surface area contributed by atoms with Crippen LogP contribution in [0.15, 0.2) is 53.5 Å². The van der Waals surface area contributed by atoms with Crippen LogP contribution in [0.3, 0.4) is 0 Å². The van der Waals surface area contributed by atoms with Gasteiger partial charge < -0.3 is 0 Å². The third kappa shape index (κ3) is 2.79. The van der Waals surface area contributed by atoms with Gasteiger partial charge >= 0.3 is 94.6 Å². The molecule has 15 heavy (non-hydrogen) atoms. The van der Waals surface area contributed by atoms with Gasteiger partial charge in [0.2, 0.25) is 0 Å². The second-order valence-corrected chi connectivity index (χ2v) is 5.13. The first-order valence-electron chi connectivity index (χ1n) is 4.67. The summed E-state index contributed by atoms with van der Waals surface area (Å²) in [4.78, 5) is 13.8. The van der Waals surface area contributed by atoms with Crippen molar-refractivity contribution in [3.8, 4) is 0 Å². The van der Waals surface area contributed by atoms with Crippen molar-refractivity contribution >= 4 is 26.4 Å². The van der Waals surface area contributed by atoms with Gasteiger partial charge in [0, 0.05) is 0 Å². The van der Waals surface area contributed by atoms with E-state index in [1.165, 1.54) is 4.44 Å². The van der Waals surface area contributed by atoms with E-state index in [4.69, 9.17) is 0 Å². The molecule has 1 nitrogen and oxygen atoms in total. The number of rotatable bonds is 3. The van der Waals surface area contributed by atoms with Crippen LogP contribution in [0.2, 0.25) is 0 Å². The van der Waals surface area contributed by atoms with E-state index in [2.05, 4.69) is 11.0 Å². The molecule has 2 heteroatoms. The normalized spacial score (nSPS) is 10.7. The summed E-state index contributed by atoms with van der Waals surface area (Å²) in [5.41, 5.74) is 0.743. The van der Waals surface area contributed by atoms with Gasteiger partial charge in [-0.25, -0.2) is 0 Å². The van der Waals surface area contributed by atoms with Crippen molar-refractivity contribution in [3.05, 3.63) is 63.5 Å². The van der Waals surface area contributed by atoms with Gasteiger partial charge in [0.15, 0.2) is 0 Å². The van der Waals surface area contributed by atoms with Gasteiger partial charge in [0.25, 0.3) is 0 Å². The van der Waals surface area contributed by atoms with Crippen molar-refractivity contribution < 1.29 is 4.79 Å². The molecule has 0 saturated carbocycles. The van der Waals surface area contributed by atoms with Crippen molar-refractivity contribution in [3.63, 3.8) is 0 Å². The molecule has 0 atom stereocenters. The molecule has 0 bridgehead atoms. The topological polar surface area (TPSA) is 17.1 Å². The van der Waals surface area contributed by atoms with Crippen LogP contribution in [0.25, 0.3) is 6.08 Å². The summed E-state index contributed by atoms with van der Waals surface area (Å²) in [6, 6.07) is 13.4. The molecule has 1 aromatic carbocycles. The van der Waals surface area contributed by atoms with Crippen LogP contribution in [0, 0.1) is 0 Å². The van der Waals surface area contributed by atoms with E-state index >= 15 is 0 Å². The first kappa shape index (κ1) is 10.2. The summed E-state index contributed by atoms with van der Waals surface area (Å²) >= 11 is 0.410.